The van der Waals surface area contributed by atoms with Crippen molar-refractivity contribution in [3.8, 4) is 10.6 Å². The minimum Gasteiger partial charge on any atom is -0.480 e. The fourth-order valence-electron chi connectivity index (χ4n) is 3.56. The Morgan fingerprint density at radius 1 is 1.25 bits per heavy atom. The van der Waals surface area contributed by atoms with Gasteiger partial charge in [-0.1, -0.05) is 35.8 Å². The van der Waals surface area contributed by atoms with E-state index in [2.05, 4.69) is 14.4 Å². The molecule has 32 heavy (non-hydrogen) atoms. The van der Waals surface area contributed by atoms with E-state index in [9.17, 15) is 31.5 Å². The lowest BCUT2D eigenvalue weighted by atomic mass is 9.93. The first-order chi connectivity index (χ1) is 14.8. The molecule has 1 fully saturated rings. The lowest BCUT2D eigenvalue weighted by molar-refractivity contribution is -0.155. The molecule has 1 aromatic carbocycles. The average molecular weight is 507 g/mol. The Morgan fingerprint density at radius 3 is 2.47 bits per heavy atom. The Morgan fingerprint density at radius 2 is 1.91 bits per heavy atom. The highest BCUT2D eigenvalue weighted by molar-refractivity contribution is 7.91. The number of halogens is 4. The topological polar surface area (TPSA) is 110 Å². The summed E-state index contributed by atoms with van der Waals surface area (Å²) in [5.74, 6) is -2.66. The number of hydrogen-bond donors (Lipinski definition) is 2. The van der Waals surface area contributed by atoms with E-state index in [1.165, 1.54) is 12.1 Å². The molecular formula is C19H14ClF3N2O5S2. The number of sulfonamides is 1. The summed E-state index contributed by atoms with van der Waals surface area (Å²) >= 11 is 6.53. The molecule has 4 rings (SSSR count). The van der Waals surface area contributed by atoms with Crippen molar-refractivity contribution in [1.82, 2.24) is 9.88 Å². The van der Waals surface area contributed by atoms with E-state index < -0.39 is 38.9 Å². The van der Waals surface area contributed by atoms with Crippen molar-refractivity contribution in [3.63, 3.8) is 0 Å². The Labute approximate surface area is 188 Å². The van der Waals surface area contributed by atoms with E-state index in [0.717, 1.165) is 0 Å². The van der Waals surface area contributed by atoms with Crippen LogP contribution in [0.3, 0.4) is 0 Å². The third kappa shape index (κ3) is 3.70. The van der Waals surface area contributed by atoms with Crippen molar-refractivity contribution in [2.75, 3.05) is 0 Å². The molecule has 1 aliphatic rings. The van der Waals surface area contributed by atoms with Crippen LogP contribution in [-0.2, 0) is 26.4 Å². The summed E-state index contributed by atoms with van der Waals surface area (Å²) in [7, 11) is -4.32. The van der Waals surface area contributed by atoms with Crippen LogP contribution in [-0.4, -0.2) is 30.2 Å². The number of nitrogens with one attached hydrogen (secondary N) is 1. The first-order valence-electron chi connectivity index (χ1n) is 8.96. The molecule has 2 N–H and O–H groups in total. The molecule has 1 saturated carbocycles. The largest absolute Gasteiger partial charge is 0.480 e. The Balaban J connectivity index is 1.62. The molecular weight excluding hydrogens is 493 g/mol. The van der Waals surface area contributed by atoms with Crippen molar-refractivity contribution < 1.29 is 36.0 Å². The molecule has 2 heterocycles. The van der Waals surface area contributed by atoms with Gasteiger partial charge in [0.15, 0.2) is 0 Å². The normalized spacial score (nSPS) is 23.3. The van der Waals surface area contributed by atoms with Crippen LogP contribution < -0.4 is 4.72 Å². The van der Waals surface area contributed by atoms with Crippen LogP contribution in [0, 0.1) is 0 Å². The predicted octanol–water partition coefficient (Wildman–Crippen LogP) is 4.54. The zero-order valence-corrected chi connectivity index (χ0v) is 18.5. The fourth-order valence-corrected chi connectivity index (χ4v) is 6.40. The third-order valence-electron chi connectivity index (χ3n) is 5.48. The summed E-state index contributed by atoms with van der Waals surface area (Å²) in [5.41, 5.74) is -2.40. The summed E-state index contributed by atoms with van der Waals surface area (Å²) in [6.07, 6.45) is -4.72. The Hall–Kier alpha value is -2.41. The summed E-state index contributed by atoms with van der Waals surface area (Å²) < 4.78 is 70.4. The first-order valence-corrected chi connectivity index (χ1v) is 11.6. The first kappa shape index (κ1) is 22.8. The highest BCUT2D eigenvalue weighted by atomic mass is 35.5. The second-order valence-electron chi connectivity index (χ2n) is 7.52. The number of carboxylic acids is 1. The number of carboxylic acid groups (broad SMARTS) is 1. The molecule has 170 valence electrons. The number of aromatic nitrogens is 1. The van der Waals surface area contributed by atoms with Gasteiger partial charge in [-0.3, -0.25) is 4.79 Å². The van der Waals surface area contributed by atoms with Gasteiger partial charge in [0.2, 0.25) is 5.76 Å². The van der Waals surface area contributed by atoms with Crippen LogP contribution in [0.25, 0.3) is 10.6 Å². The van der Waals surface area contributed by atoms with Crippen LogP contribution in [0.15, 0.2) is 51.2 Å². The number of rotatable bonds is 6. The van der Waals surface area contributed by atoms with E-state index in [1.807, 2.05) is 0 Å². The van der Waals surface area contributed by atoms with Crippen LogP contribution in [0.5, 0.6) is 0 Å². The second kappa shape index (κ2) is 7.30. The van der Waals surface area contributed by atoms with E-state index >= 15 is 0 Å². The number of alkyl halides is 3. The van der Waals surface area contributed by atoms with Crippen molar-refractivity contribution in [2.24, 2.45) is 0 Å². The van der Waals surface area contributed by atoms with Crippen molar-refractivity contribution in [2.45, 2.75) is 34.7 Å². The van der Waals surface area contributed by atoms with Gasteiger partial charge in [-0.05, 0) is 36.2 Å². The molecule has 0 spiro atoms. The average Bonchev–Trinajstić information content (AvgIpc) is 3.13. The SMILES string of the molecule is CC1(c2ccc(Cl)cc2)CC1(NS(=O)(=O)c1ccc(-c2cc(C(F)(F)F)on2)s1)C(=O)O. The molecule has 0 aliphatic heterocycles. The molecule has 2 atom stereocenters. The van der Waals surface area contributed by atoms with Crippen LogP contribution in [0.4, 0.5) is 13.2 Å². The van der Waals surface area contributed by atoms with Crippen molar-refractivity contribution >= 4 is 38.9 Å². The second-order valence-corrected chi connectivity index (χ2v) is 11.0. The zero-order chi connectivity index (χ0) is 23.5. The molecule has 0 bridgehead atoms. The summed E-state index contributed by atoms with van der Waals surface area (Å²) in [4.78, 5) is 12.2. The summed E-state index contributed by atoms with van der Waals surface area (Å²) in [5, 5.41) is 13.6. The highest BCUT2D eigenvalue weighted by Gasteiger charge is 2.72. The molecule has 1 aliphatic carbocycles. The molecule has 3 aromatic rings. The van der Waals surface area contributed by atoms with Gasteiger partial charge in [0.1, 0.15) is 15.4 Å². The number of aliphatic carboxylic acids is 1. The zero-order valence-electron chi connectivity index (χ0n) is 16.1. The van der Waals surface area contributed by atoms with Gasteiger partial charge in [0.25, 0.3) is 10.0 Å². The molecule has 13 heteroatoms. The van der Waals surface area contributed by atoms with Crippen LogP contribution >= 0.6 is 22.9 Å². The van der Waals surface area contributed by atoms with Gasteiger partial charge in [0, 0.05) is 16.5 Å². The summed E-state index contributed by atoms with van der Waals surface area (Å²) in [6.45, 7) is 1.63. The van der Waals surface area contributed by atoms with E-state index in [4.69, 9.17) is 11.6 Å². The van der Waals surface area contributed by atoms with Gasteiger partial charge >= 0.3 is 12.1 Å². The van der Waals surface area contributed by atoms with Gasteiger partial charge in [0.05, 0.1) is 4.88 Å². The third-order valence-corrected chi connectivity index (χ3v) is 8.82. The molecule has 7 nitrogen and oxygen atoms in total. The minimum absolute atomic E-state index is 0.00660. The van der Waals surface area contributed by atoms with Gasteiger partial charge in [-0.2, -0.15) is 17.9 Å². The molecule has 0 radical (unpaired) electrons. The molecule has 2 unspecified atom stereocenters. The standard InChI is InChI=1S/C19H14ClF3N2O5S2/c1-17(10-2-4-11(20)5-3-10)9-18(17,16(26)27)25-32(28,29)15-7-6-13(31-15)12-8-14(30-24-12)19(21,22)23/h2-8,25H,9H2,1H3,(H,26,27). The van der Waals surface area contributed by atoms with Gasteiger partial charge < -0.3 is 9.63 Å². The van der Waals surface area contributed by atoms with Crippen LogP contribution in [0.1, 0.15) is 24.7 Å². The predicted molar refractivity (Wildman–Crippen MR) is 109 cm³/mol. The van der Waals surface area contributed by atoms with Crippen LogP contribution in [0.2, 0.25) is 5.02 Å². The highest BCUT2D eigenvalue weighted by Crippen LogP contribution is 2.58. The number of hydrogen-bond acceptors (Lipinski definition) is 6. The van der Waals surface area contributed by atoms with E-state index in [0.29, 0.717) is 28.0 Å². The number of thiophene rings is 1. The van der Waals surface area contributed by atoms with Crippen molar-refractivity contribution in [3.05, 3.63) is 58.8 Å². The monoisotopic (exact) mass is 506 g/mol. The fraction of sp³-hybridized carbons (Fsp3) is 0.263. The molecule has 0 saturated heterocycles. The quantitative estimate of drug-likeness (QED) is 0.508. The lowest BCUT2D eigenvalue weighted by Crippen LogP contribution is -2.47. The maximum absolute atomic E-state index is 13.0. The number of benzene rings is 1. The molecule has 0 amide bonds. The Bertz CT molecular complexity index is 1300. The smallest absolute Gasteiger partial charge is 0.452 e. The lowest BCUT2D eigenvalue weighted by Gasteiger charge is -2.20. The van der Waals surface area contributed by atoms with Crippen molar-refractivity contribution in [1.29, 1.82) is 0 Å². The molecule has 2 aromatic heterocycles. The Kier molecular flexibility index (Phi) is 5.20. The van der Waals surface area contributed by atoms with E-state index in [-0.39, 0.29) is 21.2 Å². The van der Waals surface area contributed by atoms with Gasteiger partial charge in [-0.25, -0.2) is 8.42 Å². The maximum atomic E-state index is 13.0. The maximum Gasteiger partial charge on any atom is 0.452 e. The van der Waals surface area contributed by atoms with E-state index in [1.54, 1.807) is 31.2 Å². The summed E-state index contributed by atoms with van der Waals surface area (Å²) in [6, 6.07) is 9.53. The minimum atomic E-state index is -4.73. The number of carbonyl (C=O) groups is 1. The van der Waals surface area contributed by atoms with Gasteiger partial charge in [-0.15, -0.1) is 11.3 Å². The number of nitrogens with zero attached hydrogens (tertiary/aromatic N) is 1.